The standard InChI is InChI=1S/C24H28FN3O5S/c1-24(2,3)22-14-27(9-10-28(22)23(29)30)19-12-16(6-8-20(19)33-4)34(31,32)21-13-26-18-7-5-15(25)11-17(18)21/h5-8,11-13,22,26H,9-10,14H2,1-4H3,(H,29,30). The van der Waals surface area contributed by atoms with E-state index in [1.807, 2.05) is 25.7 Å². The Hall–Kier alpha value is -3.27. The first-order valence-electron chi connectivity index (χ1n) is 10.9. The molecule has 2 heterocycles. The van der Waals surface area contributed by atoms with E-state index in [2.05, 4.69) is 4.98 Å². The third kappa shape index (κ3) is 4.18. The van der Waals surface area contributed by atoms with Gasteiger partial charge in [-0.05, 0) is 41.8 Å². The summed E-state index contributed by atoms with van der Waals surface area (Å²) in [5.41, 5.74) is 0.752. The second kappa shape index (κ2) is 8.50. The molecule has 0 radical (unpaired) electrons. The highest BCUT2D eigenvalue weighted by Gasteiger charge is 2.39. The molecule has 1 saturated heterocycles. The Bertz CT molecular complexity index is 1350. The average Bonchev–Trinajstić information content (AvgIpc) is 3.21. The predicted octanol–water partition coefficient (Wildman–Crippen LogP) is 4.36. The van der Waals surface area contributed by atoms with Gasteiger partial charge >= 0.3 is 6.09 Å². The first-order valence-corrected chi connectivity index (χ1v) is 12.4. The zero-order valence-electron chi connectivity index (χ0n) is 19.5. The molecule has 0 bridgehead atoms. The predicted molar refractivity (Wildman–Crippen MR) is 127 cm³/mol. The maximum absolute atomic E-state index is 13.8. The van der Waals surface area contributed by atoms with E-state index >= 15 is 0 Å². The van der Waals surface area contributed by atoms with Crippen LogP contribution in [0.5, 0.6) is 5.75 Å². The summed E-state index contributed by atoms with van der Waals surface area (Å²) in [4.78, 5) is 18.1. The van der Waals surface area contributed by atoms with Crippen LogP contribution in [0, 0.1) is 11.2 Å². The molecule has 1 fully saturated rings. The molecule has 0 saturated carbocycles. The molecule has 8 nitrogen and oxygen atoms in total. The lowest BCUT2D eigenvalue weighted by Crippen LogP contribution is -2.59. The molecule has 182 valence electrons. The number of aromatic nitrogens is 1. The number of carbonyl (C=O) groups is 1. The molecule has 1 aromatic heterocycles. The number of H-pyrrole nitrogens is 1. The Morgan fingerprint density at radius 3 is 2.56 bits per heavy atom. The lowest BCUT2D eigenvalue weighted by molar-refractivity contribution is 0.0747. The largest absolute Gasteiger partial charge is 0.495 e. The number of aromatic amines is 1. The number of amides is 1. The van der Waals surface area contributed by atoms with Crippen LogP contribution >= 0.6 is 0 Å². The van der Waals surface area contributed by atoms with Crippen molar-refractivity contribution in [3.8, 4) is 5.75 Å². The molecule has 0 spiro atoms. The maximum Gasteiger partial charge on any atom is 0.407 e. The van der Waals surface area contributed by atoms with E-state index < -0.39 is 21.7 Å². The molecule has 4 rings (SSSR count). The SMILES string of the molecule is COc1ccc(S(=O)(=O)c2c[nH]c3ccc(F)cc23)cc1N1CCN(C(=O)O)C(C(C)(C)C)C1. The average molecular weight is 490 g/mol. The Labute approximate surface area is 197 Å². The number of halogens is 1. The highest BCUT2D eigenvalue weighted by atomic mass is 32.2. The number of fused-ring (bicyclic) bond motifs is 1. The molecule has 1 aliphatic heterocycles. The molecule has 34 heavy (non-hydrogen) atoms. The number of methoxy groups -OCH3 is 1. The lowest BCUT2D eigenvalue weighted by Gasteiger charge is -2.46. The van der Waals surface area contributed by atoms with Gasteiger partial charge < -0.3 is 24.6 Å². The topological polar surface area (TPSA) is 103 Å². The number of anilines is 1. The normalized spacial score (nSPS) is 17.3. The Kier molecular flexibility index (Phi) is 5.97. The van der Waals surface area contributed by atoms with E-state index in [1.54, 1.807) is 12.1 Å². The van der Waals surface area contributed by atoms with Crippen molar-refractivity contribution in [2.75, 3.05) is 31.6 Å². The van der Waals surface area contributed by atoms with E-state index in [-0.39, 0.29) is 33.2 Å². The van der Waals surface area contributed by atoms with Gasteiger partial charge in [-0.1, -0.05) is 20.8 Å². The van der Waals surface area contributed by atoms with E-state index in [9.17, 15) is 22.7 Å². The third-order valence-corrected chi connectivity index (χ3v) is 8.11. The second-order valence-corrected chi connectivity index (χ2v) is 11.4. The summed E-state index contributed by atoms with van der Waals surface area (Å²) in [5, 5.41) is 9.94. The molecule has 2 aromatic carbocycles. The molecular weight excluding hydrogens is 461 g/mol. The van der Waals surface area contributed by atoms with Crippen LogP contribution in [0.4, 0.5) is 14.9 Å². The van der Waals surface area contributed by atoms with Crippen molar-refractivity contribution < 1.29 is 27.4 Å². The van der Waals surface area contributed by atoms with Crippen LogP contribution in [0.2, 0.25) is 0 Å². The van der Waals surface area contributed by atoms with Crippen molar-refractivity contribution in [2.45, 2.75) is 36.6 Å². The summed E-state index contributed by atoms with van der Waals surface area (Å²) in [6, 6.07) is 8.25. The molecule has 0 aliphatic carbocycles. The molecule has 2 N–H and O–H groups in total. The van der Waals surface area contributed by atoms with Gasteiger partial charge in [0, 0.05) is 36.7 Å². The molecule has 10 heteroatoms. The Morgan fingerprint density at radius 1 is 1.18 bits per heavy atom. The summed E-state index contributed by atoms with van der Waals surface area (Å²) >= 11 is 0. The number of ether oxygens (including phenoxy) is 1. The van der Waals surface area contributed by atoms with Crippen molar-refractivity contribution in [1.82, 2.24) is 9.88 Å². The molecule has 3 aromatic rings. The number of nitrogens with one attached hydrogen (secondary N) is 1. The molecule has 1 atom stereocenters. The van der Waals surface area contributed by atoms with Gasteiger partial charge in [0.15, 0.2) is 0 Å². The first kappa shape index (κ1) is 23.9. The minimum absolute atomic E-state index is 0.0126. The van der Waals surface area contributed by atoms with E-state index in [0.29, 0.717) is 30.0 Å². The van der Waals surface area contributed by atoms with Gasteiger partial charge in [-0.25, -0.2) is 17.6 Å². The number of hydrogen-bond donors (Lipinski definition) is 2. The van der Waals surface area contributed by atoms with Crippen LogP contribution in [0.1, 0.15) is 20.8 Å². The number of hydrogen-bond acceptors (Lipinski definition) is 5. The van der Waals surface area contributed by atoms with Gasteiger partial charge in [0.2, 0.25) is 9.84 Å². The zero-order valence-corrected chi connectivity index (χ0v) is 20.3. The lowest BCUT2D eigenvalue weighted by atomic mass is 9.84. The third-order valence-electron chi connectivity index (χ3n) is 6.32. The van der Waals surface area contributed by atoms with Crippen molar-refractivity contribution in [3.63, 3.8) is 0 Å². The van der Waals surface area contributed by atoms with Crippen LogP contribution in [0.25, 0.3) is 10.9 Å². The fourth-order valence-corrected chi connectivity index (χ4v) is 5.91. The van der Waals surface area contributed by atoms with Crippen LogP contribution in [-0.4, -0.2) is 62.3 Å². The fraction of sp³-hybridized carbons (Fsp3) is 0.375. The highest BCUT2D eigenvalue weighted by molar-refractivity contribution is 7.91. The van der Waals surface area contributed by atoms with Crippen molar-refractivity contribution >= 4 is 32.5 Å². The van der Waals surface area contributed by atoms with Gasteiger partial charge in [0.1, 0.15) is 11.6 Å². The van der Waals surface area contributed by atoms with Crippen LogP contribution in [-0.2, 0) is 9.84 Å². The minimum atomic E-state index is -3.98. The van der Waals surface area contributed by atoms with Crippen LogP contribution < -0.4 is 9.64 Å². The van der Waals surface area contributed by atoms with E-state index in [0.717, 1.165) is 0 Å². The van der Waals surface area contributed by atoms with Gasteiger partial charge in [-0.2, -0.15) is 0 Å². The molecule has 1 unspecified atom stereocenters. The number of sulfone groups is 1. The van der Waals surface area contributed by atoms with Gasteiger partial charge in [0.25, 0.3) is 0 Å². The van der Waals surface area contributed by atoms with E-state index in [1.165, 1.54) is 42.5 Å². The summed E-state index contributed by atoms with van der Waals surface area (Å²) in [6.07, 6.45) is 0.388. The van der Waals surface area contributed by atoms with Crippen molar-refractivity contribution in [1.29, 1.82) is 0 Å². The quantitative estimate of drug-likeness (QED) is 0.564. The first-order chi connectivity index (χ1) is 15.9. The number of piperazine rings is 1. The maximum atomic E-state index is 13.8. The van der Waals surface area contributed by atoms with E-state index in [4.69, 9.17) is 4.74 Å². The van der Waals surface area contributed by atoms with Crippen LogP contribution in [0.15, 0.2) is 52.4 Å². The summed E-state index contributed by atoms with van der Waals surface area (Å²) in [7, 11) is -2.47. The summed E-state index contributed by atoms with van der Waals surface area (Å²) in [5.74, 6) is -0.0381. The second-order valence-electron chi connectivity index (χ2n) is 9.48. The van der Waals surface area contributed by atoms with Crippen LogP contribution in [0.3, 0.4) is 0 Å². The summed E-state index contributed by atoms with van der Waals surface area (Å²) in [6.45, 7) is 6.98. The van der Waals surface area contributed by atoms with Gasteiger partial charge in [0.05, 0.1) is 28.6 Å². The monoisotopic (exact) mass is 489 g/mol. The Balaban J connectivity index is 1.77. The number of rotatable bonds is 4. The van der Waals surface area contributed by atoms with Gasteiger partial charge in [-0.3, -0.25) is 0 Å². The zero-order chi connectivity index (χ0) is 24.8. The molecular formula is C24H28FN3O5S. The Morgan fingerprint density at radius 2 is 1.91 bits per heavy atom. The molecule has 1 aliphatic rings. The number of carboxylic acid groups (broad SMARTS) is 1. The molecule has 1 amide bonds. The summed E-state index contributed by atoms with van der Waals surface area (Å²) < 4.78 is 46.4. The minimum Gasteiger partial charge on any atom is -0.495 e. The fourth-order valence-electron chi connectivity index (χ4n) is 4.47. The van der Waals surface area contributed by atoms with Crippen molar-refractivity contribution in [2.24, 2.45) is 5.41 Å². The van der Waals surface area contributed by atoms with Crippen molar-refractivity contribution in [3.05, 3.63) is 48.4 Å². The smallest absolute Gasteiger partial charge is 0.407 e. The highest BCUT2D eigenvalue weighted by Crippen LogP contribution is 2.37. The van der Waals surface area contributed by atoms with Gasteiger partial charge in [-0.15, -0.1) is 0 Å². The number of benzene rings is 2. The number of nitrogens with zero attached hydrogens (tertiary/aromatic N) is 2.